The third-order valence-electron chi connectivity index (χ3n) is 6.94. The lowest BCUT2D eigenvalue weighted by Crippen LogP contribution is -2.34. The van der Waals surface area contributed by atoms with Gasteiger partial charge in [-0.1, -0.05) is 41.8 Å². The first-order chi connectivity index (χ1) is 17.5. The van der Waals surface area contributed by atoms with Gasteiger partial charge in [0, 0.05) is 18.7 Å². The number of halogens is 2. The molecule has 3 aromatic carbocycles. The van der Waals surface area contributed by atoms with Crippen molar-refractivity contribution in [3.8, 4) is 22.5 Å². The van der Waals surface area contributed by atoms with Gasteiger partial charge in [0.1, 0.15) is 5.82 Å². The zero-order valence-corrected chi connectivity index (χ0v) is 21.2. The maximum Gasteiger partial charge on any atom is 0.261 e. The number of nitrogens with zero attached hydrogens (tertiary/aromatic N) is 4. The van der Waals surface area contributed by atoms with Crippen molar-refractivity contribution in [1.82, 2.24) is 24.4 Å². The van der Waals surface area contributed by atoms with Crippen LogP contribution < -0.4 is 5.56 Å². The average molecular weight is 518 g/mol. The van der Waals surface area contributed by atoms with Gasteiger partial charge in [-0.05, 0) is 79.5 Å². The second-order valence-corrected chi connectivity index (χ2v) is 10.1. The van der Waals surface area contributed by atoms with Gasteiger partial charge in [-0.2, -0.15) is 0 Å². The van der Waals surface area contributed by atoms with E-state index in [4.69, 9.17) is 28.2 Å². The summed E-state index contributed by atoms with van der Waals surface area (Å²) >= 11 is 12.2. The molecule has 8 heteroatoms. The largest absolute Gasteiger partial charge is 0.338 e. The molecule has 1 aliphatic rings. The number of benzene rings is 3. The average Bonchev–Trinajstić information content (AvgIpc) is 3.34. The van der Waals surface area contributed by atoms with Crippen LogP contribution in [0.3, 0.4) is 0 Å². The molecule has 36 heavy (non-hydrogen) atoms. The van der Waals surface area contributed by atoms with Gasteiger partial charge in [0.05, 0.1) is 38.3 Å². The Balaban J connectivity index is 1.31. The van der Waals surface area contributed by atoms with Crippen LogP contribution in [-0.4, -0.2) is 44.1 Å². The lowest BCUT2D eigenvalue weighted by molar-refractivity contribution is 0.220. The number of H-pyrrole nitrogens is 1. The molecule has 0 bridgehead atoms. The van der Waals surface area contributed by atoms with E-state index in [0.717, 1.165) is 53.2 Å². The standard InChI is InChI=1S/C28H25Cl2N5O/c29-22-7-4-20(15-23(22)30)27-32-25-9-6-19(16-26(25)33-27)18-5-8-24-21(14-18)28(36)35(17-31-24)13-12-34-10-2-1-3-11-34/h4-9,14-17H,1-3,10-13H2,(H,32,33). The zero-order valence-electron chi connectivity index (χ0n) is 19.7. The van der Waals surface area contributed by atoms with Crippen LogP contribution in [0.4, 0.5) is 0 Å². The number of imidazole rings is 1. The molecule has 0 saturated carbocycles. The van der Waals surface area contributed by atoms with Crippen LogP contribution >= 0.6 is 23.2 Å². The third kappa shape index (κ3) is 4.52. The highest BCUT2D eigenvalue weighted by molar-refractivity contribution is 6.42. The van der Waals surface area contributed by atoms with Crippen molar-refractivity contribution < 1.29 is 0 Å². The highest BCUT2D eigenvalue weighted by Crippen LogP contribution is 2.30. The maximum absolute atomic E-state index is 13.3. The van der Waals surface area contributed by atoms with Gasteiger partial charge in [-0.3, -0.25) is 9.36 Å². The van der Waals surface area contributed by atoms with E-state index in [1.165, 1.54) is 19.3 Å². The van der Waals surface area contributed by atoms with E-state index < -0.39 is 0 Å². The number of likely N-dealkylation sites (tertiary alicyclic amines) is 1. The number of hydrogen-bond donors (Lipinski definition) is 1. The quantitative estimate of drug-likeness (QED) is 0.293. The Morgan fingerprint density at radius 1 is 0.806 bits per heavy atom. The summed E-state index contributed by atoms with van der Waals surface area (Å²) in [4.78, 5) is 28.3. The fourth-order valence-electron chi connectivity index (χ4n) is 4.90. The Morgan fingerprint density at radius 2 is 1.56 bits per heavy atom. The summed E-state index contributed by atoms with van der Waals surface area (Å²) in [5.41, 5.74) is 5.29. The molecule has 0 radical (unpaired) electrons. The first kappa shape index (κ1) is 23.2. The third-order valence-corrected chi connectivity index (χ3v) is 7.68. The summed E-state index contributed by atoms with van der Waals surface area (Å²) in [5, 5.41) is 1.63. The first-order valence-electron chi connectivity index (χ1n) is 12.2. The molecular weight excluding hydrogens is 493 g/mol. The summed E-state index contributed by atoms with van der Waals surface area (Å²) in [5.74, 6) is 0.722. The molecule has 0 spiro atoms. The van der Waals surface area contributed by atoms with Gasteiger partial charge in [-0.15, -0.1) is 0 Å². The van der Waals surface area contributed by atoms with E-state index in [2.05, 4.69) is 20.9 Å². The number of rotatable bonds is 5. The Labute approximate surface area is 218 Å². The monoisotopic (exact) mass is 517 g/mol. The van der Waals surface area contributed by atoms with Gasteiger partial charge in [0.2, 0.25) is 0 Å². The van der Waals surface area contributed by atoms with Crippen LogP contribution in [0.1, 0.15) is 19.3 Å². The predicted molar refractivity (Wildman–Crippen MR) is 147 cm³/mol. The molecule has 1 aliphatic heterocycles. The van der Waals surface area contributed by atoms with Gasteiger partial charge >= 0.3 is 0 Å². The Kier molecular flexibility index (Phi) is 6.25. The van der Waals surface area contributed by atoms with Gasteiger partial charge in [-0.25, -0.2) is 9.97 Å². The molecule has 6 nitrogen and oxygen atoms in total. The smallest absolute Gasteiger partial charge is 0.261 e. The van der Waals surface area contributed by atoms with Crippen LogP contribution in [0.15, 0.2) is 65.7 Å². The Morgan fingerprint density at radius 3 is 2.36 bits per heavy atom. The van der Waals surface area contributed by atoms with Gasteiger partial charge < -0.3 is 9.88 Å². The molecule has 3 heterocycles. The second-order valence-electron chi connectivity index (χ2n) is 9.32. The molecule has 2 aromatic heterocycles. The number of piperidine rings is 1. The fourth-order valence-corrected chi connectivity index (χ4v) is 5.20. The molecule has 0 amide bonds. The Hall–Kier alpha value is -3.19. The summed E-state index contributed by atoms with van der Waals surface area (Å²) in [7, 11) is 0. The number of aromatic nitrogens is 4. The van der Waals surface area contributed by atoms with E-state index in [0.29, 0.717) is 27.5 Å². The van der Waals surface area contributed by atoms with Crippen molar-refractivity contribution in [2.24, 2.45) is 0 Å². The number of hydrogen-bond acceptors (Lipinski definition) is 4. The minimum atomic E-state index is 0.00313. The van der Waals surface area contributed by atoms with Gasteiger partial charge in [0.15, 0.2) is 0 Å². The van der Waals surface area contributed by atoms with Crippen molar-refractivity contribution in [3.63, 3.8) is 0 Å². The molecule has 0 aliphatic carbocycles. The minimum absolute atomic E-state index is 0.00313. The molecule has 182 valence electrons. The normalized spacial score (nSPS) is 14.6. The van der Waals surface area contributed by atoms with E-state index in [-0.39, 0.29) is 5.56 Å². The number of aromatic amines is 1. The van der Waals surface area contributed by atoms with E-state index in [1.807, 2.05) is 36.4 Å². The Bertz CT molecular complexity index is 1630. The lowest BCUT2D eigenvalue weighted by Gasteiger charge is -2.26. The molecular formula is C28H25Cl2N5O. The highest BCUT2D eigenvalue weighted by atomic mass is 35.5. The molecule has 1 N–H and O–H groups in total. The summed E-state index contributed by atoms with van der Waals surface area (Å²) < 4.78 is 1.74. The molecule has 1 saturated heterocycles. The topological polar surface area (TPSA) is 66.8 Å². The molecule has 5 aromatic rings. The fraction of sp³-hybridized carbons (Fsp3) is 0.250. The lowest BCUT2D eigenvalue weighted by atomic mass is 10.0. The van der Waals surface area contributed by atoms with E-state index >= 15 is 0 Å². The van der Waals surface area contributed by atoms with Crippen LogP contribution in [0.5, 0.6) is 0 Å². The van der Waals surface area contributed by atoms with Crippen molar-refractivity contribution >= 4 is 45.1 Å². The van der Waals surface area contributed by atoms with Crippen molar-refractivity contribution in [1.29, 1.82) is 0 Å². The summed E-state index contributed by atoms with van der Waals surface area (Å²) in [6.45, 7) is 3.76. The molecule has 0 atom stereocenters. The molecule has 0 unspecified atom stereocenters. The van der Waals surface area contributed by atoms with Gasteiger partial charge in [0.25, 0.3) is 5.56 Å². The van der Waals surface area contributed by atoms with Crippen molar-refractivity contribution in [2.45, 2.75) is 25.8 Å². The van der Waals surface area contributed by atoms with Crippen molar-refractivity contribution in [2.75, 3.05) is 19.6 Å². The highest BCUT2D eigenvalue weighted by Gasteiger charge is 2.13. The van der Waals surface area contributed by atoms with Crippen LogP contribution in [0, 0.1) is 0 Å². The van der Waals surface area contributed by atoms with Crippen LogP contribution in [0.2, 0.25) is 10.0 Å². The maximum atomic E-state index is 13.3. The molecule has 1 fully saturated rings. The SMILES string of the molecule is O=c1c2cc(-c3ccc4nc(-c5ccc(Cl)c(Cl)c5)[nH]c4c3)ccc2ncn1CCN1CCCCC1. The summed E-state index contributed by atoms with van der Waals surface area (Å²) in [6, 6.07) is 17.4. The van der Waals surface area contributed by atoms with E-state index in [9.17, 15) is 4.79 Å². The zero-order chi connectivity index (χ0) is 24.6. The number of nitrogens with one attached hydrogen (secondary N) is 1. The first-order valence-corrected chi connectivity index (χ1v) is 13.0. The molecule has 6 rings (SSSR count). The predicted octanol–water partition coefficient (Wildman–Crippen LogP) is 6.40. The van der Waals surface area contributed by atoms with Crippen molar-refractivity contribution in [3.05, 3.63) is 81.3 Å². The minimum Gasteiger partial charge on any atom is -0.338 e. The van der Waals surface area contributed by atoms with E-state index in [1.54, 1.807) is 23.0 Å². The second kappa shape index (κ2) is 9.69. The number of fused-ring (bicyclic) bond motifs is 2. The van der Waals surface area contributed by atoms with Crippen LogP contribution in [0.25, 0.3) is 44.5 Å². The summed E-state index contributed by atoms with van der Waals surface area (Å²) in [6.07, 6.45) is 5.46. The van der Waals surface area contributed by atoms with Crippen LogP contribution in [-0.2, 0) is 6.54 Å².